The van der Waals surface area contributed by atoms with Gasteiger partial charge < -0.3 is 10.2 Å². The van der Waals surface area contributed by atoms with Crippen molar-refractivity contribution in [3.63, 3.8) is 0 Å². The Bertz CT molecular complexity index is 441. The lowest BCUT2D eigenvalue weighted by atomic mass is 9.85. The number of nitrogens with zero attached hydrogens (tertiary/aromatic N) is 3. The van der Waals surface area contributed by atoms with Crippen molar-refractivity contribution in [3.8, 4) is 0 Å². The maximum atomic E-state index is 12.0. The monoisotopic (exact) mass is 248 g/mol. The van der Waals surface area contributed by atoms with E-state index in [2.05, 4.69) is 15.3 Å². The van der Waals surface area contributed by atoms with E-state index < -0.39 is 0 Å². The lowest BCUT2D eigenvalue weighted by molar-refractivity contribution is 0.0934. The highest BCUT2D eigenvalue weighted by Crippen LogP contribution is 2.25. The first kappa shape index (κ1) is 12.8. The van der Waals surface area contributed by atoms with E-state index in [1.54, 1.807) is 11.0 Å². The number of aryl methyl sites for hydroxylation is 1. The van der Waals surface area contributed by atoms with Gasteiger partial charge in [-0.2, -0.15) is 0 Å². The Morgan fingerprint density at radius 1 is 1.44 bits per heavy atom. The van der Waals surface area contributed by atoms with Gasteiger partial charge >= 0.3 is 0 Å². The van der Waals surface area contributed by atoms with E-state index in [1.807, 2.05) is 21.0 Å². The lowest BCUT2D eigenvalue weighted by Crippen LogP contribution is -2.33. The summed E-state index contributed by atoms with van der Waals surface area (Å²) in [4.78, 5) is 22.3. The van der Waals surface area contributed by atoms with Crippen molar-refractivity contribution >= 4 is 11.9 Å². The highest BCUT2D eigenvalue weighted by Gasteiger charge is 2.19. The minimum atomic E-state index is -0.101. The Morgan fingerprint density at radius 3 is 2.72 bits per heavy atom. The van der Waals surface area contributed by atoms with E-state index in [0.29, 0.717) is 17.6 Å². The maximum absolute atomic E-state index is 12.0. The van der Waals surface area contributed by atoms with Crippen LogP contribution in [-0.4, -0.2) is 36.5 Å². The molecule has 0 bridgehead atoms. The van der Waals surface area contributed by atoms with E-state index in [9.17, 15) is 4.79 Å². The van der Waals surface area contributed by atoms with Gasteiger partial charge in [-0.1, -0.05) is 6.42 Å². The smallest absolute Gasteiger partial charge is 0.270 e. The summed E-state index contributed by atoms with van der Waals surface area (Å²) in [6.45, 7) is 2.64. The van der Waals surface area contributed by atoms with Crippen molar-refractivity contribution in [1.29, 1.82) is 0 Å². The van der Waals surface area contributed by atoms with Crippen LogP contribution < -0.4 is 10.2 Å². The zero-order valence-electron chi connectivity index (χ0n) is 11.2. The number of carbonyl (C=O) groups is 1. The molecule has 1 fully saturated rings. The van der Waals surface area contributed by atoms with E-state index in [0.717, 1.165) is 12.2 Å². The molecular weight excluding hydrogens is 228 g/mol. The first-order valence-corrected chi connectivity index (χ1v) is 6.37. The summed E-state index contributed by atoms with van der Waals surface area (Å²) in [7, 11) is 3.73. The van der Waals surface area contributed by atoms with Gasteiger partial charge in [-0.25, -0.2) is 9.97 Å². The number of rotatable bonds is 4. The molecule has 2 rings (SSSR count). The van der Waals surface area contributed by atoms with Gasteiger partial charge in [-0.15, -0.1) is 0 Å². The summed E-state index contributed by atoms with van der Waals surface area (Å²) in [5.41, 5.74) is 1.26. The zero-order valence-corrected chi connectivity index (χ0v) is 11.2. The SMILES string of the molecule is Cc1cc(C(=O)NCC2CCC2)nc(N(C)C)n1. The number of amides is 1. The molecule has 0 radical (unpaired) electrons. The van der Waals surface area contributed by atoms with Crippen LogP contribution in [0.3, 0.4) is 0 Å². The minimum Gasteiger partial charge on any atom is -0.350 e. The van der Waals surface area contributed by atoms with Crippen molar-refractivity contribution in [3.05, 3.63) is 17.5 Å². The second kappa shape index (κ2) is 5.33. The van der Waals surface area contributed by atoms with Crippen molar-refractivity contribution in [1.82, 2.24) is 15.3 Å². The Labute approximate surface area is 108 Å². The Balaban J connectivity index is 2.03. The molecule has 1 aliphatic rings. The minimum absolute atomic E-state index is 0.101. The van der Waals surface area contributed by atoms with Gasteiger partial charge in [0.05, 0.1) is 0 Å². The summed E-state index contributed by atoms with van der Waals surface area (Å²) in [6.07, 6.45) is 3.75. The summed E-state index contributed by atoms with van der Waals surface area (Å²) < 4.78 is 0. The number of aromatic nitrogens is 2. The fourth-order valence-electron chi connectivity index (χ4n) is 1.89. The average molecular weight is 248 g/mol. The molecule has 1 saturated carbocycles. The van der Waals surface area contributed by atoms with E-state index in [1.165, 1.54) is 19.3 Å². The van der Waals surface area contributed by atoms with Crippen LogP contribution in [0.5, 0.6) is 0 Å². The Hall–Kier alpha value is -1.65. The molecule has 98 valence electrons. The molecule has 0 unspecified atom stereocenters. The van der Waals surface area contributed by atoms with E-state index in [-0.39, 0.29) is 5.91 Å². The number of hydrogen-bond donors (Lipinski definition) is 1. The highest BCUT2D eigenvalue weighted by atomic mass is 16.1. The molecule has 0 aromatic carbocycles. The molecule has 0 atom stereocenters. The normalized spacial score (nSPS) is 15.1. The van der Waals surface area contributed by atoms with Crippen LogP contribution in [0.25, 0.3) is 0 Å². The van der Waals surface area contributed by atoms with Crippen molar-refractivity contribution in [2.24, 2.45) is 5.92 Å². The quantitative estimate of drug-likeness (QED) is 0.874. The lowest BCUT2D eigenvalue weighted by Gasteiger charge is -2.25. The van der Waals surface area contributed by atoms with Crippen molar-refractivity contribution < 1.29 is 4.79 Å². The first-order valence-electron chi connectivity index (χ1n) is 6.37. The van der Waals surface area contributed by atoms with E-state index >= 15 is 0 Å². The van der Waals surface area contributed by atoms with Crippen LogP contribution in [-0.2, 0) is 0 Å². The Morgan fingerprint density at radius 2 is 2.17 bits per heavy atom. The largest absolute Gasteiger partial charge is 0.350 e. The number of hydrogen-bond acceptors (Lipinski definition) is 4. The standard InChI is InChI=1S/C13H20N4O/c1-9-7-11(16-13(15-9)17(2)3)12(18)14-8-10-5-4-6-10/h7,10H,4-6,8H2,1-3H3,(H,14,18). The third kappa shape index (κ3) is 2.97. The highest BCUT2D eigenvalue weighted by molar-refractivity contribution is 5.92. The van der Waals surface area contributed by atoms with Gasteiger partial charge in [0, 0.05) is 26.3 Å². The van der Waals surface area contributed by atoms with Crippen LogP contribution in [0.2, 0.25) is 0 Å². The van der Waals surface area contributed by atoms with Crippen LogP contribution in [0, 0.1) is 12.8 Å². The van der Waals surface area contributed by atoms with Gasteiger partial charge in [0.2, 0.25) is 5.95 Å². The van der Waals surface area contributed by atoms with Gasteiger partial charge in [0.15, 0.2) is 0 Å². The molecule has 0 saturated heterocycles. The zero-order chi connectivity index (χ0) is 13.1. The molecule has 5 heteroatoms. The Kier molecular flexibility index (Phi) is 3.79. The summed E-state index contributed by atoms with van der Waals surface area (Å²) in [5.74, 6) is 1.13. The molecular formula is C13H20N4O. The summed E-state index contributed by atoms with van der Waals surface area (Å²) in [6, 6.07) is 1.73. The molecule has 1 aromatic rings. The van der Waals surface area contributed by atoms with Gasteiger partial charge in [0.1, 0.15) is 5.69 Å². The van der Waals surface area contributed by atoms with Gasteiger partial charge in [-0.05, 0) is 31.7 Å². The average Bonchev–Trinajstić information content (AvgIpc) is 2.25. The fraction of sp³-hybridized carbons (Fsp3) is 0.615. The molecule has 1 heterocycles. The van der Waals surface area contributed by atoms with Crippen molar-refractivity contribution in [2.45, 2.75) is 26.2 Å². The number of carbonyl (C=O) groups excluding carboxylic acids is 1. The number of nitrogens with one attached hydrogen (secondary N) is 1. The summed E-state index contributed by atoms with van der Waals surface area (Å²) >= 11 is 0. The molecule has 0 spiro atoms. The van der Waals surface area contributed by atoms with Crippen LogP contribution in [0.4, 0.5) is 5.95 Å². The second-order valence-corrected chi connectivity index (χ2v) is 5.10. The predicted octanol–water partition coefficient (Wildman–Crippen LogP) is 1.38. The van der Waals surface area contributed by atoms with Crippen LogP contribution in [0.15, 0.2) is 6.07 Å². The van der Waals surface area contributed by atoms with Gasteiger partial charge in [-0.3, -0.25) is 4.79 Å². The molecule has 18 heavy (non-hydrogen) atoms. The fourth-order valence-corrected chi connectivity index (χ4v) is 1.89. The number of anilines is 1. The molecule has 1 aromatic heterocycles. The third-order valence-electron chi connectivity index (χ3n) is 3.25. The molecule has 1 aliphatic carbocycles. The second-order valence-electron chi connectivity index (χ2n) is 5.10. The summed E-state index contributed by atoms with van der Waals surface area (Å²) in [5, 5.41) is 2.95. The van der Waals surface area contributed by atoms with E-state index in [4.69, 9.17) is 0 Å². The predicted molar refractivity (Wildman–Crippen MR) is 70.8 cm³/mol. The molecule has 0 aliphatic heterocycles. The first-order chi connectivity index (χ1) is 8.56. The third-order valence-corrected chi connectivity index (χ3v) is 3.25. The molecule has 5 nitrogen and oxygen atoms in total. The van der Waals surface area contributed by atoms with Crippen LogP contribution >= 0.6 is 0 Å². The maximum Gasteiger partial charge on any atom is 0.270 e. The molecule has 1 amide bonds. The van der Waals surface area contributed by atoms with Crippen LogP contribution in [0.1, 0.15) is 35.4 Å². The van der Waals surface area contributed by atoms with Gasteiger partial charge in [0.25, 0.3) is 5.91 Å². The van der Waals surface area contributed by atoms with Crippen molar-refractivity contribution in [2.75, 3.05) is 25.5 Å². The molecule has 1 N–H and O–H groups in total. The topological polar surface area (TPSA) is 58.1 Å².